The zero-order valence-corrected chi connectivity index (χ0v) is 19.3. The number of carbonyl (C=O) groups excluding carboxylic acids is 3. The molecule has 0 unspecified atom stereocenters. The first-order valence-electron chi connectivity index (χ1n) is 11.8. The molecule has 3 aliphatic rings. The van der Waals surface area contributed by atoms with E-state index in [1.165, 1.54) is 0 Å². The van der Waals surface area contributed by atoms with E-state index in [0.717, 1.165) is 38.0 Å². The zero-order chi connectivity index (χ0) is 23.4. The Morgan fingerprint density at radius 1 is 1.15 bits per heavy atom. The van der Waals surface area contributed by atoms with Crippen LogP contribution in [0.3, 0.4) is 0 Å². The van der Waals surface area contributed by atoms with E-state index >= 15 is 0 Å². The molecule has 3 heterocycles. The second-order valence-electron chi connectivity index (χ2n) is 8.51. The molecule has 0 saturated carbocycles. The minimum absolute atomic E-state index is 0.0189. The van der Waals surface area contributed by atoms with E-state index in [1.54, 1.807) is 6.92 Å². The number of nitrogens with zero attached hydrogens (tertiary/aromatic N) is 2. The fraction of sp³-hybridized carbons (Fsp3) is 0.542. The number of hydrogen-bond donors (Lipinski definition) is 2. The molecule has 178 valence electrons. The van der Waals surface area contributed by atoms with E-state index < -0.39 is 18.1 Å². The van der Waals surface area contributed by atoms with Crippen LogP contribution >= 0.6 is 0 Å². The highest BCUT2D eigenvalue weighted by Gasteiger charge is 2.37. The Balaban J connectivity index is 1.64. The summed E-state index contributed by atoms with van der Waals surface area (Å²) in [5.74, 6) is 0.147. The number of esters is 1. The molecule has 4 rings (SSSR count). The first kappa shape index (κ1) is 22.9. The molecular formula is C24H32N4O5. The lowest BCUT2D eigenvalue weighted by Crippen LogP contribution is -2.55. The highest BCUT2D eigenvalue weighted by molar-refractivity contribution is 5.95. The smallest absolute Gasteiger partial charge is 0.337 e. The summed E-state index contributed by atoms with van der Waals surface area (Å²) < 4.78 is 11.4. The summed E-state index contributed by atoms with van der Waals surface area (Å²) in [4.78, 5) is 42.2. The van der Waals surface area contributed by atoms with Crippen molar-refractivity contribution in [3.63, 3.8) is 0 Å². The predicted molar refractivity (Wildman–Crippen MR) is 123 cm³/mol. The summed E-state index contributed by atoms with van der Waals surface area (Å²) in [6.45, 7) is 5.98. The Labute approximate surface area is 194 Å². The van der Waals surface area contributed by atoms with Crippen LogP contribution in [0.1, 0.15) is 39.5 Å². The van der Waals surface area contributed by atoms with Crippen LogP contribution in [-0.4, -0.2) is 67.7 Å². The molecule has 0 radical (unpaired) electrons. The summed E-state index contributed by atoms with van der Waals surface area (Å²) >= 11 is 0. The second-order valence-corrected chi connectivity index (χ2v) is 8.51. The van der Waals surface area contributed by atoms with Gasteiger partial charge in [-0.15, -0.1) is 0 Å². The third-order valence-corrected chi connectivity index (χ3v) is 6.30. The number of amides is 3. The van der Waals surface area contributed by atoms with Gasteiger partial charge in [-0.25, -0.2) is 9.59 Å². The van der Waals surface area contributed by atoms with E-state index in [9.17, 15) is 14.4 Å². The average Bonchev–Trinajstić information content (AvgIpc) is 2.83. The van der Waals surface area contributed by atoms with Crippen LogP contribution in [0.2, 0.25) is 0 Å². The lowest BCUT2D eigenvalue weighted by atomic mass is 9.99. The van der Waals surface area contributed by atoms with Crippen molar-refractivity contribution in [2.24, 2.45) is 0 Å². The minimum Gasteiger partial charge on any atom is -0.477 e. The number of piperidine rings is 1. The van der Waals surface area contributed by atoms with Gasteiger partial charge < -0.3 is 29.9 Å². The number of rotatable bonds is 6. The number of ether oxygens (including phenoxy) is 2. The van der Waals surface area contributed by atoms with Crippen molar-refractivity contribution in [2.75, 3.05) is 37.7 Å². The fourth-order valence-electron chi connectivity index (χ4n) is 4.68. The number of likely N-dealkylation sites (tertiary alicyclic amines) is 1. The number of anilines is 1. The largest absolute Gasteiger partial charge is 0.477 e. The van der Waals surface area contributed by atoms with Gasteiger partial charge in [0.1, 0.15) is 5.75 Å². The van der Waals surface area contributed by atoms with Gasteiger partial charge >= 0.3 is 12.0 Å². The summed E-state index contributed by atoms with van der Waals surface area (Å²) in [5, 5.41) is 5.61. The number of para-hydroxylation sites is 2. The molecule has 1 aromatic carbocycles. The van der Waals surface area contributed by atoms with Crippen LogP contribution in [0.25, 0.3) is 0 Å². The van der Waals surface area contributed by atoms with Crippen LogP contribution in [-0.2, 0) is 14.3 Å². The fourth-order valence-corrected chi connectivity index (χ4v) is 4.68. The summed E-state index contributed by atoms with van der Waals surface area (Å²) in [6, 6.07) is 6.74. The van der Waals surface area contributed by atoms with Gasteiger partial charge in [0.25, 0.3) is 5.91 Å². The first-order valence-corrected chi connectivity index (χ1v) is 11.8. The normalized spacial score (nSPS) is 22.7. The van der Waals surface area contributed by atoms with Gasteiger partial charge in [0.2, 0.25) is 0 Å². The Morgan fingerprint density at radius 3 is 2.64 bits per heavy atom. The van der Waals surface area contributed by atoms with Crippen LogP contribution < -0.4 is 20.3 Å². The number of carbonyl (C=O) groups is 3. The van der Waals surface area contributed by atoms with Crippen LogP contribution in [0.5, 0.6) is 5.75 Å². The summed E-state index contributed by atoms with van der Waals surface area (Å²) in [6.07, 6.45) is 3.06. The van der Waals surface area contributed by atoms with E-state index in [-0.39, 0.29) is 25.1 Å². The predicted octanol–water partition coefficient (Wildman–Crippen LogP) is 2.18. The van der Waals surface area contributed by atoms with Gasteiger partial charge in [0.05, 0.1) is 42.7 Å². The maximum absolute atomic E-state index is 13.2. The summed E-state index contributed by atoms with van der Waals surface area (Å²) in [7, 11) is 0. The SMILES string of the molecule is CCOC(=O)C1=C(CN2C[C@@H](C(=O)N3CCCCC3)Oc3ccccc32)NC(=O)N[C@@H]1CC. The molecule has 0 aromatic heterocycles. The van der Waals surface area contributed by atoms with Crippen molar-refractivity contribution in [1.82, 2.24) is 15.5 Å². The molecule has 1 fully saturated rings. The van der Waals surface area contributed by atoms with Crippen LogP contribution in [0.15, 0.2) is 35.5 Å². The first-order chi connectivity index (χ1) is 16.0. The Morgan fingerprint density at radius 2 is 1.91 bits per heavy atom. The van der Waals surface area contributed by atoms with Crippen molar-refractivity contribution in [2.45, 2.75) is 51.7 Å². The molecule has 33 heavy (non-hydrogen) atoms. The van der Waals surface area contributed by atoms with Crippen molar-refractivity contribution < 1.29 is 23.9 Å². The molecule has 3 amide bonds. The van der Waals surface area contributed by atoms with E-state index in [4.69, 9.17) is 9.47 Å². The Kier molecular flexibility index (Phi) is 7.05. The van der Waals surface area contributed by atoms with Gasteiger partial charge in [-0.05, 0) is 44.7 Å². The number of fused-ring (bicyclic) bond motifs is 1. The molecule has 9 nitrogen and oxygen atoms in total. The number of hydrogen-bond acceptors (Lipinski definition) is 6. The van der Waals surface area contributed by atoms with Gasteiger partial charge in [0.15, 0.2) is 6.10 Å². The molecule has 1 saturated heterocycles. The van der Waals surface area contributed by atoms with Crippen LogP contribution in [0.4, 0.5) is 10.5 Å². The van der Waals surface area contributed by atoms with E-state index in [2.05, 4.69) is 10.6 Å². The molecule has 0 bridgehead atoms. The van der Waals surface area contributed by atoms with Crippen molar-refractivity contribution in [1.29, 1.82) is 0 Å². The quantitative estimate of drug-likeness (QED) is 0.637. The number of urea groups is 1. The maximum atomic E-state index is 13.2. The maximum Gasteiger partial charge on any atom is 0.337 e. The monoisotopic (exact) mass is 456 g/mol. The molecule has 3 aliphatic heterocycles. The van der Waals surface area contributed by atoms with Gasteiger partial charge in [-0.2, -0.15) is 0 Å². The molecule has 2 N–H and O–H groups in total. The van der Waals surface area contributed by atoms with E-state index in [0.29, 0.717) is 30.0 Å². The average molecular weight is 457 g/mol. The molecule has 0 aliphatic carbocycles. The van der Waals surface area contributed by atoms with Crippen LogP contribution in [0, 0.1) is 0 Å². The highest BCUT2D eigenvalue weighted by Crippen LogP contribution is 2.34. The Bertz CT molecular complexity index is 941. The van der Waals surface area contributed by atoms with Crippen molar-refractivity contribution >= 4 is 23.6 Å². The third-order valence-electron chi connectivity index (χ3n) is 6.30. The van der Waals surface area contributed by atoms with Gasteiger partial charge in [-0.1, -0.05) is 19.1 Å². The second kappa shape index (κ2) is 10.1. The lowest BCUT2D eigenvalue weighted by Gasteiger charge is -2.39. The topological polar surface area (TPSA) is 100 Å². The number of nitrogens with one attached hydrogen (secondary N) is 2. The Hall–Kier alpha value is -3.23. The molecule has 1 aromatic rings. The molecule has 9 heteroatoms. The number of benzene rings is 1. The van der Waals surface area contributed by atoms with Gasteiger partial charge in [0, 0.05) is 13.1 Å². The highest BCUT2D eigenvalue weighted by atomic mass is 16.5. The standard InChI is InChI=1S/C24H32N4O5/c1-3-16-21(23(30)32-4-2)17(26-24(31)25-16)14-28-15-20(22(29)27-12-8-5-9-13-27)33-19-11-7-6-10-18(19)28/h6-7,10-11,16,20H,3-5,8-9,12-15H2,1-2H3,(H2,25,26,31)/t16-,20+/m1/s1. The minimum atomic E-state index is -0.649. The lowest BCUT2D eigenvalue weighted by molar-refractivity contribution is -0.140. The van der Waals surface area contributed by atoms with E-state index in [1.807, 2.05) is 41.0 Å². The summed E-state index contributed by atoms with van der Waals surface area (Å²) in [5.41, 5.74) is 1.73. The van der Waals surface area contributed by atoms with Crippen molar-refractivity contribution in [3.05, 3.63) is 35.5 Å². The van der Waals surface area contributed by atoms with Crippen molar-refractivity contribution in [3.8, 4) is 5.75 Å². The zero-order valence-electron chi connectivity index (χ0n) is 19.3. The molecular weight excluding hydrogens is 424 g/mol. The molecule has 0 spiro atoms. The molecule has 2 atom stereocenters. The third kappa shape index (κ3) is 4.91. The van der Waals surface area contributed by atoms with Gasteiger partial charge in [-0.3, -0.25) is 4.79 Å².